The van der Waals surface area contributed by atoms with Gasteiger partial charge in [-0.3, -0.25) is 0 Å². The maximum Gasteiger partial charge on any atom is 0.0449 e. The third-order valence-corrected chi connectivity index (χ3v) is 4.44. The molecule has 1 fully saturated rings. The third-order valence-electron chi connectivity index (χ3n) is 4.44. The van der Waals surface area contributed by atoms with Crippen molar-refractivity contribution < 1.29 is 0 Å². The number of nitrogens with two attached hydrogens (primary N) is 1. The fraction of sp³-hybridized carbons (Fsp3) is 0.647. The van der Waals surface area contributed by atoms with Gasteiger partial charge in [0.15, 0.2) is 0 Å². The predicted octanol–water partition coefficient (Wildman–Crippen LogP) is 3.47. The SMILES string of the molecule is Cc1ccc(C(CN)NC2CCC(C)(C)C2)c(C)c1. The summed E-state index contributed by atoms with van der Waals surface area (Å²) >= 11 is 0. The largest absolute Gasteiger partial charge is 0.329 e. The van der Waals surface area contributed by atoms with Crippen LogP contribution in [-0.4, -0.2) is 12.6 Å². The van der Waals surface area contributed by atoms with Crippen LogP contribution in [0.15, 0.2) is 18.2 Å². The summed E-state index contributed by atoms with van der Waals surface area (Å²) in [6.45, 7) is 9.72. The Bertz CT molecular complexity index is 437. The van der Waals surface area contributed by atoms with E-state index in [1.165, 1.54) is 36.0 Å². The molecular weight excluding hydrogens is 232 g/mol. The van der Waals surface area contributed by atoms with Gasteiger partial charge >= 0.3 is 0 Å². The average Bonchev–Trinajstić information content (AvgIpc) is 2.66. The Morgan fingerprint density at radius 3 is 2.63 bits per heavy atom. The van der Waals surface area contributed by atoms with Gasteiger partial charge in [-0.25, -0.2) is 0 Å². The van der Waals surface area contributed by atoms with Gasteiger partial charge < -0.3 is 11.1 Å². The molecule has 3 N–H and O–H groups in total. The smallest absolute Gasteiger partial charge is 0.0449 e. The summed E-state index contributed by atoms with van der Waals surface area (Å²) in [5, 5.41) is 3.77. The molecule has 0 aliphatic heterocycles. The lowest BCUT2D eigenvalue weighted by Crippen LogP contribution is -2.36. The van der Waals surface area contributed by atoms with Gasteiger partial charge in [0, 0.05) is 18.6 Å². The van der Waals surface area contributed by atoms with Crippen molar-refractivity contribution in [2.24, 2.45) is 11.1 Å². The molecule has 0 heterocycles. The summed E-state index contributed by atoms with van der Waals surface area (Å²) in [6, 6.07) is 7.57. The maximum absolute atomic E-state index is 5.99. The van der Waals surface area contributed by atoms with Crippen molar-refractivity contribution >= 4 is 0 Å². The lowest BCUT2D eigenvalue weighted by Gasteiger charge is -2.25. The molecule has 1 saturated carbocycles. The highest BCUT2D eigenvalue weighted by Crippen LogP contribution is 2.37. The predicted molar refractivity (Wildman–Crippen MR) is 82.3 cm³/mol. The fourth-order valence-electron chi connectivity index (χ4n) is 3.36. The first-order valence-electron chi connectivity index (χ1n) is 7.44. The van der Waals surface area contributed by atoms with Gasteiger partial charge in [0.2, 0.25) is 0 Å². The first kappa shape index (κ1) is 14.5. The third kappa shape index (κ3) is 3.58. The highest BCUT2D eigenvalue weighted by molar-refractivity contribution is 5.33. The lowest BCUT2D eigenvalue weighted by molar-refractivity contribution is 0.353. The minimum Gasteiger partial charge on any atom is -0.329 e. The molecule has 106 valence electrons. The molecule has 2 atom stereocenters. The number of benzene rings is 1. The van der Waals surface area contributed by atoms with Crippen LogP contribution in [0.2, 0.25) is 0 Å². The van der Waals surface area contributed by atoms with Crippen molar-refractivity contribution in [2.75, 3.05) is 6.54 Å². The molecule has 19 heavy (non-hydrogen) atoms. The number of aryl methyl sites for hydroxylation is 2. The van der Waals surface area contributed by atoms with Crippen LogP contribution in [0.5, 0.6) is 0 Å². The molecule has 2 rings (SSSR count). The van der Waals surface area contributed by atoms with E-state index in [2.05, 4.69) is 51.2 Å². The number of nitrogens with one attached hydrogen (secondary N) is 1. The Hall–Kier alpha value is -0.860. The van der Waals surface area contributed by atoms with E-state index in [0.29, 0.717) is 24.0 Å². The van der Waals surface area contributed by atoms with Gasteiger partial charge in [0.1, 0.15) is 0 Å². The van der Waals surface area contributed by atoms with Crippen molar-refractivity contribution in [3.05, 3.63) is 34.9 Å². The molecule has 2 heteroatoms. The summed E-state index contributed by atoms with van der Waals surface area (Å²) in [5.74, 6) is 0. The van der Waals surface area contributed by atoms with Crippen molar-refractivity contribution in [3.8, 4) is 0 Å². The first-order valence-corrected chi connectivity index (χ1v) is 7.44. The van der Waals surface area contributed by atoms with E-state index < -0.39 is 0 Å². The molecule has 0 aromatic heterocycles. The zero-order chi connectivity index (χ0) is 14.0. The van der Waals surface area contributed by atoms with E-state index in [1.54, 1.807) is 0 Å². The van der Waals surface area contributed by atoms with Crippen LogP contribution in [-0.2, 0) is 0 Å². The molecule has 1 aliphatic carbocycles. The fourth-order valence-corrected chi connectivity index (χ4v) is 3.36. The Morgan fingerprint density at radius 1 is 1.37 bits per heavy atom. The molecule has 2 unspecified atom stereocenters. The molecule has 0 spiro atoms. The Kier molecular flexibility index (Phi) is 4.32. The molecule has 0 amide bonds. The van der Waals surface area contributed by atoms with Crippen LogP contribution in [0.25, 0.3) is 0 Å². The molecule has 2 nitrogen and oxygen atoms in total. The molecule has 1 aliphatic rings. The van der Waals surface area contributed by atoms with E-state index in [4.69, 9.17) is 5.73 Å². The monoisotopic (exact) mass is 260 g/mol. The van der Waals surface area contributed by atoms with Gasteiger partial charge in [-0.15, -0.1) is 0 Å². The Labute approximate surface area is 117 Å². The summed E-state index contributed by atoms with van der Waals surface area (Å²) in [7, 11) is 0. The highest BCUT2D eigenvalue weighted by Gasteiger charge is 2.32. The topological polar surface area (TPSA) is 38.0 Å². The van der Waals surface area contributed by atoms with E-state index in [1.807, 2.05) is 0 Å². The van der Waals surface area contributed by atoms with Crippen molar-refractivity contribution in [1.82, 2.24) is 5.32 Å². The molecule has 0 radical (unpaired) electrons. The minimum atomic E-state index is 0.291. The van der Waals surface area contributed by atoms with Gasteiger partial charge in [-0.05, 0) is 49.7 Å². The van der Waals surface area contributed by atoms with Crippen LogP contribution in [0.1, 0.15) is 55.8 Å². The van der Waals surface area contributed by atoms with Crippen LogP contribution in [0, 0.1) is 19.3 Å². The Balaban J connectivity index is 2.08. The van der Waals surface area contributed by atoms with Gasteiger partial charge in [0.25, 0.3) is 0 Å². The first-order chi connectivity index (χ1) is 8.91. The number of rotatable bonds is 4. The van der Waals surface area contributed by atoms with E-state index in [9.17, 15) is 0 Å². The summed E-state index contributed by atoms with van der Waals surface area (Å²) in [4.78, 5) is 0. The van der Waals surface area contributed by atoms with Gasteiger partial charge in [-0.2, -0.15) is 0 Å². The maximum atomic E-state index is 5.99. The molecule has 0 saturated heterocycles. The number of hydrogen-bond donors (Lipinski definition) is 2. The number of hydrogen-bond acceptors (Lipinski definition) is 2. The Morgan fingerprint density at radius 2 is 2.11 bits per heavy atom. The van der Waals surface area contributed by atoms with Crippen molar-refractivity contribution in [2.45, 2.75) is 59.0 Å². The van der Waals surface area contributed by atoms with Crippen LogP contribution in [0.4, 0.5) is 0 Å². The van der Waals surface area contributed by atoms with E-state index >= 15 is 0 Å². The summed E-state index contributed by atoms with van der Waals surface area (Å²) < 4.78 is 0. The lowest BCUT2D eigenvalue weighted by atomic mass is 9.91. The van der Waals surface area contributed by atoms with Gasteiger partial charge in [0.05, 0.1) is 0 Å². The minimum absolute atomic E-state index is 0.291. The van der Waals surface area contributed by atoms with E-state index in [0.717, 1.165) is 0 Å². The zero-order valence-electron chi connectivity index (χ0n) is 12.8. The molecular formula is C17H28N2. The second kappa shape index (κ2) is 5.64. The zero-order valence-corrected chi connectivity index (χ0v) is 12.8. The summed E-state index contributed by atoms with van der Waals surface area (Å²) in [5.41, 5.74) is 10.5. The van der Waals surface area contributed by atoms with Crippen LogP contribution >= 0.6 is 0 Å². The van der Waals surface area contributed by atoms with E-state index in [-0.39, 0.29) is 0 Å². The van der Waals surface area contributed by atoms with Gasteiger partial charge in [-0.1, -0.05) is 37.6 Å². The molecule has 1 aromatic rings. The second-order valence-corrected chi connectivity index (χ2v) is 6.92. The van der Waals surface area contributed by atoms with Crippen LogP contribution in [0.3, 0.4) is 0 Å². The molecule has 0 bridgehead atoms. The highest BCUT2D eigenvalue weighted by atomic mass is 15.0. The van der Waals surface area contributed by atoms with Crippen LogP contribution < -0.4 is 11.1 Å². The quantitative estimate of drug-likeness (QED) is 0.870. The summed E-state index contributed by atoms with van der Waals surface area (Å²) in [6.07, 6.45) is 3.84. The average molecular weight is 260 g/mol. The van der Waals surface area contributed by atoms with Crippen molar-refractivity contribution in [1.29, 1.82) is 0 Å². The van der Waals surface area contributed by atoms with Crippen molar-refractivity contribution in [3.63, 3.8) is 0 Å². The normalized spacial score (nSPS) is 23.5. The molecule has 1 aromatic carbocycles. The second-order valence-electron chi connectivity index (χ2n) is 6.92. The standard InChI is InChI=1S/C17H28N2/c1-12-5-6-15(13(2)9-12)16(11-18)19-14-7-8-17(3,4)10-14/h5-6,9,14,16,19H,7-8,10-11,18H2,1-4H3.